The number of rotatable bonds is 8. The van der Waals surface area contributed by atoms with Gasteiger partial charge in [0.25, 0.3) is 0 Å². The third-order valence-corrected chi connectivity index (χ3v) is 5.27. The molecule has 0 bridgehead atoms. The minimum Gasteiger partial charge on any atom is -0.478 e. The number of nitrogens with zero attached hydrogens (tertiary/aromatic N) is 4. The Bertz CT molecular complexity index is 1360. The van der Waals surface area contributed by atoms with Gasteiger partial charge in [0, 0.05) is 12.1 Å². The Kier molecular flexibility index (Phi) is 6.80. The number of nitrogens with one attached hydrogen (secondary N) is 3. The first-order valence-electron chi connectivity index (χ1n) is 10.0. The van der Waals surface area contributed by atoms with Crippen LogP contribution in [0.1, 0.15) is 22.1 Å². The molecule has 0 unspecified atom stereocenters. The van der Waals surface area contributed by atoms with Crippen molar-refractivity contribution in [2.75, 3.05) is 23.0 Å². The van der Waals surface area contributed by atoms with Gasteiger partial charge in [0.05, 0.1) is 28.4 Å². The number of aromatic carboxylic acids is 1. The second-order valence-electron chi connectivity index (χ2n) is 7.05. The highest BCUT2D eigenvalue weighted by molar-refractivity contribution is 6.35. The van der Waals surface area contributed by atoms with Crippen LogP contribution in [0.2, 0.25) is 10.0 Å². The van der Waals surface area contributed by atoms with Crippen LogP contribution < -0.4 is 16.0 Å². The number of carbonyl (C=O) groups is 1. The van der Waals surface area contributed by atoms with Crippen molar-refractivity contribution >= 4 is 52.2 Å². The molecule has 0 spiro atoms. The normalized spacial score (nSPS) is 10.7. The summed E-state index contributed by atoms with van der Waals surface area (Å²) in [4.78, 5) is 20.5. The van der Waals surface area contributed by atoms with E-state index in [1.54, 1.807) is 50.4 Å². The molecule has 174 valence electrons. The summed E-state index contributed by atoms with van der Waals surface area (Å²) < 4.78 is 5.75. The molecule has 0 fully saturated rings. The molecule has 2 heterocycles. The van der Waals surface area contributed by atoms with Gasteiger partial charge < -0.3 is 25.5 Å². The molecule has 0 amide bonds. The van der Waals surface area contributed by atoms with Gasteiger partial charge in [0.15, 0.2) is 11.6 Å². The van der Waals surface area contributed by atoms with E-state index >= 15 is 0 Å². The van der Waals surface area contributed by atoms with E-state index in [9.17, 15) is 9.90 Å². The van der Waals surface area contributed by atoms with Crippen LogP contribution in [0, 0.1) is 6.92 Å². The topological polar surface area (TPSA) is 138 Å². The summed E-state index contributed by atoms with van der Waals surface area (Å²) in [6, 6.07) is 11.5. The number of para-hydroxylation sites is 1. The van der Waals surface area contributed by atoms with Crippen LogP contribution in [0.4, 0.5) is 23.0 Å². The summed E-state index contributed by atoms with van der Waals surface area (Å²) in [5.41, 5.74) is 1.51. The number of carboxylic acids is 1. The van der Waals surface area contributed by atoms with Crippen molar-refractivity contribution in [1.82, 2.24) is 20.2 Å². The Morgan fingerprint density at radius 3 is 2.62 bits per heavy atom. The fraction of sp³-hybridized carbons (Fsp3) is 0.136. The first-order valence-corrected chi connectivity index (χ1v) is 10.8. The summed E-state index contributed by atoms with van der Waals surface area (Å²) in [7, 11) is 1.72. The molecule has 4 N–H and O–H groups in total. The SMILES string of the molecule is CNc1nc(C)nc(Nc2ccccc2C(=O)O)c1NCc1nnc(-c2cc(Cl)ccc2Cl)o1. The first kappa shape index (κ1) is 23.3. The van der Waals surface area contributed by atoms with Crippen molar-refractivity contribution in [2.45, 2.75) is 13.5 Å². The Hall–Kier alpha value is -3.89. The monoisotopic (exact) mass is 499 g/mol. The van der Waals surface area contributed by atoms with E-state index in [1.807, 2.05) is 0 Å². The summed E-state index contributed by atoms with van der Waals surface area (Å²) in [6.45, 7) is 1.87. The highest BCUT2D eigenvalue weighted by Crippen LogP contribution is 2.32. The van der Waals surface area contributed by atoms with Crippen LogP contribution in [0.3, 0.4) is 0 Å². The van der Waals surface area contributed by atoms with E-state index in [0.29, 0.717) is 44.4 Å². The number of hydrogen-bond donors (Lipinski definition) is 4. The van der Waals surface area contributed by atoms with Gasteiger partial charge in [-0.25, -0.2) is 14.8 Å². The van der Waals surface area contributed by atoms with Gasteiger partial charge in [0.2, 0.25) is 11.8 Å². The van der Waals surface area contributed by atoms with Gasteiger partial charge >= 0.3 is 5.97 Å². The molecule has 4 aromatic rings. The number of benzene rings is 2. The van der Waals surface area contributed by atoms with E-state index in [4.69, 9.17) is 27.6 Å². The zero-order valence-electron chi connectivity index (χ0n) is 18.1. The van der Waals surface area contributed by atoms with E-state index in [-0.39, 0.29) is 23.9 Å². The largest absolute Gasteiger partial charge is 0.478 e. The average Bonchev–Trinajstić information content (AvgIpc) is 3.28. The highest BCUT2D eigenvalue weighted by atomic mass is 35.5. The van der Waals surface area contributed by atoms with Crippen LogP contribution >= 0.6 is 23.2 Å². The van der Waals surface area contributed by atoms with Crippen LogP contribution in [0.5, 0.6) is 0 Å². The minimum absolute atomic E-state index is 0.107. The van der Waals surface area contributed by atoms with Crippen LogP contribution in [0.25, 0.3) is 11.5 Å². The number of anilines is 4. The molecule has 34 heavy (non-hydrogen) atoms. The number of halogens is 2. The maximum absolute atomic E-state index is 11.6. The average molecular weight is 500 g/mol. The van der Waals surface area contributed by atoms with Crippen molar-refractivity contribution < 1.29 is 14.3 Å². The lowest BCUT2D eigenvalue weighted by atomic mass is 10.2. The fourth-order valence-corrected chi connectivity index (χ4v) is 3.55. The van der Waals surface area contributed by atoms with E-state index < -0.39 is 5.97 Å². The fourth-order valence-electron chi connectivity index (χ4n) is 3.18. The second-order valence-corrected chi connectivity index (χ2v) is 7.89. The molecular formula is C22H19Cl2N7O3. The maximum Gasteiger partial charge on any atom is 0.337 e. The van der Waals surface area contributed by atoms with Crippen LogP contribution in [-0.2, 0) is 6.54 Å². The molecule has 0 aliphatic rings. The standard InChI is InChI=1S/C22H19Cl2N7O3/c1-11-27-19(25-2)18(20(28-11)29-16-6-4-3-5-13(16)22(32)33)26-10-17-30-31-21(34-17)14-9-12(23)7-8-15(14)24/h3-9,26H,10H2,1-2H3,(H,32,33)(H2,25,27,28,29). The van der Waals surface area contributed by atoms with Gasteiger partial charge in [-0.05, 0) is 37.3 Å². The third kappa shape index (κ3) is 5.03. The second kappa shape index (κ2) is 9.94. The molecule has 0 atom stereocenters. The molecule has 2 aromatic heterocycles. The number of aromatic nitrogens is 4. The molecule has 10 nitrogen and oxygen atoms in total. The Balaban J connectivity index is 1.62. The summed E-state index contributed by atoms with van der Waals surface area (Å²) in [5, 5.41) is 27.8. The van der Waals surface area contributed by atoms with Crippen LogP contribution in [0.15, 0.2) is 46.9 Å². The lowest BCUT2D eigenvalue weighted by Gasteiger charge is -2.17. The highest BCUT2D eigenvalue weighted by Gasteiger charge is 2.18. The lowest BCUT2D eigenvalue weighted by molar-refractivity contribution is 0.0698. The Morgan fingerprint density at radius 1 is 1.09 bits per heavy atom. The van der Waals surface area contributed by atoms with E-state index in [1.165, 1.54) is 6.07 Å². The van der Waals surface area contributed by atoms with Gasteiger partial charge in [-0.1, -0.05) is 35.3 Å². The summed E-state index contributed by atoms with van der Waals surface area (Å²) in [5.74, 6) is 0.817. The van der Waals surface area contributed by atoms with Gasteiger partial charge in [-0.15, -0.1) is 10.2 Å². The smallest absolute Gasteiger partial charge is 0.337 e. The zero-order chi connectivity index (χ0) is 24.2. The predicted molar refractivity (Wildman–Crippen MR) is 130 cm³/mol. The van der Waals surface area contributed by atoms with Crippen molar-refractivity contribution in [3.8, 4) is 11.5 Å². The van der Waals surface area contributed by atoms with Crippen molar-refractivity contribution in [1.29, 1.82) is 0 Å². The minimum atomic E-state index is -1.06. The van der Waals surface area contributed by atoms with Gasteiger partial charge in [-0.2, -0.15) is 0 Å². The van der Waals surface area contributed by atoms with Crippen molar-refractivity contribution in [2.24, 2.45) is 0 Å². The molecule has 0 saturated carbocycles. The van der Waals surface area contributed by atoms with Crippen LogP contribution in [-0.4, -0.2) is 38.3 Å². The quantitative estimate of drug-likeness (QED) is 0.254. The Labute approximate surface area is 204 Å². The number of carboxylic acid groups (broad SMARTS) is 1. The summed E-state index contributed by atoms with van der Waals surface area (Å²) >= 11 is 12.3. The molecule has 0 aliphatic heterocycles. The van der Waals surface area contributed by atoms with E-state index in [2.05, 4.69) is 36.1 Å². The van der Waals surface area contributed by atoms with E-state index in [0.717, 1.165) is 0 Å². The molecule has 4 rings (SSSR count). The molecule has 0 saturated heterocycles. The molecule has 2 aromatic carbocycles. The summed E-state index contributed by atoms with van der Waals surface area (Å²) in [6.07, 6.45) is 0. The zero-order valence-corrected chi connectivity index (χ0v) is 19.6. The molecule has 12 heteroatoms. The maximum atomic E-state index is 11.6. The number of hydrogen-bond acceptors (Lipinski definition) is 9. The van der Waals surface area contributed by atoms with Crippen molar-refractivity contribution in [3.05, 3.63) is 69.8 Å². The Morgan fingerprint density at radius 2 is 1.85 bits per heavy atom. The number of aryl methyl sites for hydroxylation is 1. The molecule has 0 aliphatic carbocycles. The molecular weight excluding hydrogens is 481 g/mol. The first-order chi connectivity index (χ1) is 16.4. The third-order valence-electron chi connectivity index (χ3n) is 4.71. The van der Waals surface area contributed by atoms with Crippen molar-refractivity contribution in [3.63, 3.8) is 0 Å². The van der Waals surface area contributed by atoms with Gasteiger partial charge in [-0.3, -0.25) is 0 Å². The van der Waals surface area contributed by atoms with Gasteiger partial charge in [0.1, 0.15) is 11.5 Å². The lowest BCUT2D eigenvalue weighted by Crippen LogP contribution is -2.11. The molecule has 0 radical (unpaired) electrons. The predicted octanol–water partition coefficient (Wildman–Crippen LogP) is 5.24.